The molecule has 0 bridgehead atoms. The average molecular weight is 370 g/mol. The molecule has 3 rings (SSSR count). The predicted octanol–water partition coefficient (Wildman–Crippen LogP) is 0.881. The number of anilines is 1. The van der Waals surface area contributed by atoms with Crippen molar-refractivity contribution in [2.45, 2.75) is 0 Å². The number of halogens is 2. The lowest BCUT2D eigenvalue weighted by Gasteiger charge is -2.53. The molecule has 1 aromatic heterocycles. The van der Waals surface area contributed by atoms with Crippen molar-refractivity contribution in [3.05, 3.63) is 16.0 Å². The zero-order chi connectivity index (χ0) is 13.7. The third-order valence-electron chi connectivity index (χ3n) is 3.15. The van der Waals surface area contributed by atoms with Gasteiger partial charge in [-0.3, -0.25) is 4.72 Å². The third-order valence-corrected chi connectivity index (χ3v) is 5.81. The molecule has 2 aliphatic heterocycles. The van der Waals surface area contributed by atoms with Gasteiger partial charge >= 0.3 is 10.2 Å². The lowest BCUT2D eigenvalue weighted by molar-refractivity contribution is -0.166. The fourth-order valence-corrected chi connectivity index (χ4v) is 4.04. The molecule has 1 spiro atoms. The van der Waals surface area contributed by atoms with Gasteiger partial charge in [0.15, 0.2) is 5.82 Å². The Balaban J connectivity index is 1.73. The van der Waals surface area contributed by atoms with E-state index in [1.54, 1.807) is 0 Å². The Morgan fingerprint density at radius 1 is 1.42 bits per heavy atom. The van der Waals surface area contributed by atoms with Gasteiger partial charge in [-0.2, -0.15) is 12.7 Å². The summed E-state index contributed by atoms with van der Waals surface area (Å²) in [4.78, 5) is 7.59. The maximum Gasteiger partial charge on any atom is 0.302 e. The second-order valence-electron chi connectivity index (χ2n) is 4.70. The Bertz CT molecular complexity index is 614. The van der Waals surface area contributed by atoms with E-state index in [9.17, 15) is 8.42 Å². The standard InChI is InChI=1S/C9H10BrClN4O3S/c10-6-7(11)12-5-13-8(6)14-19(16,17)15-1-9(2-15)3-18-4-9/h5H,1-4H2,(H,12,13,14). The summed E-state index contributed by atoms with van der Waals surface area (Å²) < 4.78 is 33.4. The van der Waals surface area contributed by atoms with Crippen LogP contribution in [0.25, 0.3) is 0 Å². The average Bonchev–Trinajstić information content (AvgIpc) is 2.20. The summed E-state index contributed by atoms with van der Waals surface area (Å²) >= 11 is 8.93. The summed E-state index contributed by atoms with van der Waals surface area (Å²) in [6.07, 6.45) is 1.20. The van der Waals surface area contributed by atoms with Crippen molar-refractivity contribution in [2.75, 3.05) is 31.0 Å². The molecule has 104 valence electrons. The van der Waals surface area contributed by atoms with E-state index in [1.165, 1.54) is 10.6 Å². The molecular weight excluding hydrogens is 360 g/mol. The van der Waals surface area contributed by atoms with Gasteiger partial charge in [0, 0.05) is 18.5 Å². The van der Waals surface area contributed by atoms with Gasteiger partial charge in [0.1, 0.15) is 11.5 Å². The highest BCUT2D eigenvalue weighted by Crippen LogP contribution is 2.39. The van der Waals surface area contributed by atoms with Crippen molar-refractivity contribution in [1.29, 1.82) is 0 Å². The molecule has 0 aromatic carbocycles. The SMILES string of the molecule is O=S(=O)(Nc1ncnc(Cl)c1Br)N1CC2(COC2)C1. The molecule has 2 aliphatic rings. The molecule has 0 atom stereocenters. The molecule has 0 unspecified atom stereocenters. The summed E-state index contributed by atoms with van der Waals surface area (Å²) in [7, 11) is -3.61. The van der Waals surface area contributed by atoms with Crippen LogP contribution in [-0.2, 0) is 14.9 Å². The smallest absolute Gasteiger partial charge is 0.302 e. The van der Waals surface area contributed by atoms with Crippen LogP contribution in [0.4, 0.5) is 5.82 Å². The molecule has 0 amide bonds. The quantitative estimate of drug-likeness (QED) is 0.800. The Hall–Kier alpha value is -0.480. The Morgan fingerprint density at radius 2 is 2.11 bits per heavy atom. The van der Waals surface area contributed by atoms with Crippen LogP contribution in [0, 0.1) is 5.41 Å². The fourth-order valence-electron chi connectivity index (χ4n) is 2.05. The van der Waals surface area contributed by atoms with Crippen molar-refractivity contribution >= 4 is 43.6 Å². The van der Waals surface area contributed by atoms with Crippen molar-refractivity contribution in [1.82, 2.24) is 14.3 Å². The second kappa shape index (κ2) is 4.52. The Morgan fingerprint density at radius 3 is 2.68 bits per heavy atom. The van der Waals surface area contributed by atoms with Gasteiger partial charge in [-0.05, 0) is 15.9 Å². The minimum atomic E-state index is -3.61. The highest BCUT2D eigenvalue weighted by atomic mass is 79.9. The molecule has 1 aromatic rings. The maximum atomic E-state index is 12.1. The van der Waals surface area contributed by atoms with Crippen molar-refractivity contribution < 1.29 is 13.2 Å². The van der Waals surface area contributed by atoms with Crippen LogP contribution in [-0.4, -0.2) is 49.0 Å². The summed E-state index contributed by atoms with van der Waals surface area (Å²) in [5.41, 5.74) is 0.0231. The van der Waals surface area contributed by atoms with Crippen LogP contribution in [0.15, 0.2) is 10.8 Å². The van der Waals surface area contributed by atoms with E-state index in [2.05, 4.69) is 30.6 Å². The molecule has 3 heterocycles. The summed E-state index contributed by atoms with van der Waals surface area (Å²) in [6, 6.07) is 0. The van der Waals surface area contributed by atoms with E-state index >= 15 is 0 Å². The number of rotatable bonds is 3. The first-order valence-electron chi connectivity index (χ1n) is 5.44. The predicted molar refractivity (Wildman–Crippen MR) is 72.1 cm³/mol. The highest BCUT2D eigenvalue weighted by Gasteiger charge is 2.53. The first-order chi connectivity index (χ1) is 8.92. The van der Waals surface area contributed by atoms with Gasteiger partial charge < -0.3 is 4.74 Å². The number of aromatic nitrogens is 2. The lowest BCUT2D eigenvalue weighted by atomic mass is 9.80. The van der Waals surface area contributed by atoms with Crippen molar-refractivity contribution in [3.63, 3.8) is 0 Å². The normalized spacial score (nSPS) is 21.8. The Labute approximate surface area is 123 Å². The van der Waals surface area contributed by atoms with Crippen molar-refractivity contribution in [2.24, 2.45) is 5.41 Å². The second-order valence-corrected chi connectivity index (χ2v) is 7.52. The molecule has 2 fully saturated rings. The minimum absolute atomic E-state index is 0.0231. The van der Waals surface area contributed by atoms with Crippen LogP contribution in [0.5, 0.6) is 0 Å². The maximum absolute atomic E-state index is 12.1. The van der Waals surface area contributed by atoms with Crippen molar-refractivity contribution in [3.8, 4) is 0 Å². The zero-order valence-corrected chi connectivity index (χ0v) is 12.8. The van der Waals surface area contributed by atoms with Gasteiger partial charge in [0.25, 0.3) is 0 Å². The van der Waals surface area contributed by atoms with Gasteiger partial charge in [-0.1, -0.05) is 11.6 Å². The topological polar surface area (TPSA) is 84.4 Å². The fraction of sp³-hybridized carbons (Fsp3) is 0.556. The van der Waals surface area contributed by atoms with E-state index in [-0.39, 0.29) is 16.4 Å². The first kappa shape index (κ1) is 13.5. The van der Waals surface area contributed by atoms with Crippen LogP contribution >= 0.6 is 27.5 Å². The number of hydrogen-bond donors (Lipinski definition) is 1. The van der Waals surface area contributed by atoms with Crippen LogP contribution in [0.1, 0.15) is 0 Å². The monoisotopic (exact) mass is 368 g/mol. The van der Waals surface area contributed by atoms with E-state index in [4.69, 9.17) is 16.3 Å². The largest absolute Gasteiger partial charge is 0.380 e. The summed E-state index contributed by atoms with van der Waals surface area (Å²) in [5, 5.41) is 0.153. The molecule has 2 saturated heterocycles. The van der Waals surface area contributed by atoms with E-state index in [0.29, 0.717) is 30.8 Å². The van der Waals surface area contributed by atoms with Gasteiger partial charge in [0.2, 0.25) is 0 Å². The van der Waals surface area contributed by atoms with E-state index in [0.717, 1.165) is 0 Å². The van der Waals surface area contributed by atoms with E-state index in [1.807, 2.05) is 0 Å². The van der Waals surface area contributed by atoms with Crippen LogP contribution in [0.2, 0.25) is 5.15 Å². The van der Waals surface area contributed by atoms with Gasteiger partial charge in [-0.25, -0.2) is 9.97 Å². The third kappa shape index (κ3) is 2.33. The number of nitrogens with one attached hydrogen (secondary N) is 1. The molecule has 1 N–H and O–H groups in total. The van der Waals surface area contributed by atoms with E-state index < -0.39 is 10.2 Å². The molecule has 0 radical (unpaired) electrons. The molecule has 0 saturated carbocycles. The highest BCUT2D eigenvalue weighted by molar-refractivity contribution is 9.10. The lowest BCUT2D eigenvalue weighted by Crippen LogP contribution is -2.67. The first-order valence-corrected chi connectivity index (χ1v) is 8.05. The number of hydrogen-bond acceptors (Lipinski definition) is 5. The summed E-state index contributed by atoms with van der Waals surface area (Å²) in [6.45, 7) is 2.20. The van der Waals surface area contributed by atoms with Gasteiger partial charge in [0.05, 0.1) is 17.7 Å². The minimum Gasteiger partial charge on any atom is -0.380 e. The Kier molecular flexibility index (Phi) is 3.21. The van der Waals surface area contributed by atoms with Gasteiger partial charge in [-0.15, -0.1) is 0 Å². The summed E-state index contributed by atoms with van der Waals surface area (Å²) in [5.74, 6) is 0.130. The number of ether oxygens (including phenoxy) is 1. The number of nitrogens with zero attached hydrogens (tertiary/aromatic N) is 3. The molecular formula is C9H10BrClN4O3S. The zero-order valence-electron chi connectivity index (χ0n) is 9.64. The molecule has 19 heavy (non-hydrogen) atoms. The van der Waals surface area contributed by atoms with Crippen LogP contribution in [0.3, 0.4) is 0 Å². The molecule has 10 heteroatoms. The molecule has 0 aliphatic carbocycles. The van der Waals surface area contributed by atoms with Crippen LogP contribution < -0.4 is 4.72 Å². The molecule has 7 nitrogen and oxygen atoms in total.